The van der Waals surface area contributed by atoms with E-state index in [-0.39, 0.29) is 11.3 Å². The Labute approximate surface area is 192 Å². The molecule has 1 aromatic heterocycles. The number of hydrazone groups is 1. The number of aliphatic carboxylic acids is 1. The summed E-state index contributed by atoms with van der Waals surface area (Å²) in [5, 5.41) is 18.6. The van der Waals surface area contributed by atoms with Gasteiger partial charge < -0.3 is 9.63 Å². The molecule has 1 aliphatic heterocycles. The molecule has 2 aromatic rings. The van der Waals surface area contributed by atoms with Gasteiger partial charge in [-0.05, 0) is 69.4 Å². The number of nitrogens with zero attached hydrogens (tertiary/aromatic N) is 4. The van der Waals surface area contributed by atoms with Crippen molar-refractivity contribution < 1.29 is 19.1 Å². The van der Waals surface area contributed by atoms with Crippen LogP contribution in [0.15, 0.2) is 45.2 Å². The zero-order chi connectivity index (χ0) is 22.6. The average molecular weight is 446 g/mol. The number of rotatable bonds is 5. The molecule has 170 valence electrons. The average Bonchev–Trinajstić information content (AvgIpc) is 3.16. The molecule has 33 heavy (non-hydrogen) atoms. The quantitative estimate of drug-likeness (QED) is 0.680. The number of carboxylic acid groups (broad SMARTS) is 1. The van der Waals surface area contributed by atoms with Gasteiger partial charge in [-0.25, -0.2) is 0 Å². The predicted molar refractivity (Wildman–Crippen MR) is 122 cm³/mol. The highest BCUT2D eigenvalue weighted by Crippen LogP contribution is 2.53. The van der Waals surface area contributed by atoms with Crippen molar-refractivity contribution in [3.05, 3.63) is 58.4 Å². The van der Waals surface area contributed by atoms with Gasteiger partial charge in [0, 0.05) is 17.4 Å². The van der Waals surface area contributed by atoms with Gasteiger partial charge >= 0.3 is 5.97 Å². The van der Waals surface area contributed by atoms with Gasteiger partial charge in [-0.15, -0.1) is 0 Å². The second-order valence-electron chi connectivity index (χ2n) is 9.99. The fourth-order valence-corrected chi connectivity index (χ4v) is 5.84. The topological polar surface area (TPSA) is 91.6 Å². The van der Waals surface area contributed by atoms with E-state index in [9.17, 15) is 9.90 Å². The summed E-state index contributed by atoms with van der Waals surface area (Å²) in [6, 6.07) is 8.47. The number of benzene rings is 1. The molecule has 0 radical (unpaired) electrons. The van der Waals surface area contributed by atoms with Crippen molar-refractivity contribution in [3.8, 4) is 0 Å². The van der Waals surface area contributed by atoms with Crippen molar-refractivity contribution in [2.75, 3.05) is 0 Å². The first kappa shape index (κ1) is 20.5. The van der Waals surface area contributed by atoms with E-state index in [2.05, 4.69) is 42.6 Å². The van der Waals surface area contributed by atoms with E-state index in [1.54, 1.807) is 0 Å². The maximum Gasteiger partial charge on any atom is 0.306 e. The molecule has 3 aliphatic carbocycles. The summed E-state index contributed by atoms with van der Waals surface area (Å²) in [6.07, 6.45) is 10.6. The van der Waals surface area contributed by atoms with Gasteiger partial charge in [0.2, 0.25) is 11.4 Å². The van der Waals surface area contributed by atoms with E-state index < -0.39 is 5.97 Å². The normalized spacial score (nSPS) is 27.1. The molecule has 0 unspecified atom stereocenters. The minimum Gasteiger partial charge on any atom is -0.481 e. The van der Waals surface area contributed by atoms with Crippen LogP contribution in [-0.2, 0) is 10.2 Å². The number of hydrogen-bond acceptors (Lipinski definition) is 5. The lowest BCUT2D eigenvalue weighted by Crippen LogP contribution is -2.23. The van der Waals surface area contributed by atoms with Crippen LogP contribution in [0.2, 0.25) is 0 Å². The minimum atomic E-state index is -0.665. The second-order valence-corrected chi connectivity index (χ2v) is 9.99. The van der Waals surface area contributed by atoms with E-state index in [1.165, 1.54) is 22.4 Å². The molecule has 6 rings (SSSR count). The van der Waals surface area contributed by atoms with Gasteiger partial charge in [-0.2, -0.15) is 4.98 Å². The third kappa shape index (κ3) is 3.45. The highest BCUT2D eigenvalue weighted by Gasteiger charge is 2.51. The third-order valence-electron chi connectivity index (χ3n) is 7.90. The molecular formula is C26H29N4O3+. The highest BCUT2D eigenvalue weighted by molar-refractivity contribution is 6.10. The summed E-state index contributed by atoms with van der Waals surface area (Å²) in [4.78, 5) is 16.1. The van der Waals surface area contributed by atoms with Crippen molar-refractivity contribution in [2.45, 2.75) is 70.1 Å². The van der Waals surface area contributed by atoms with Crippen molar-refractivity contribution >= 4 is 17.9 Å². The first-order valence-electron chi connectivity index (χ1n) is 12.1. The second kappa shape index (κ2) is 7.75. The van der Waals surface area contributed by atoms with E-state index >= 15 is 0 Å². The monoisotopic (exact) mass is 445 g/mol. The summed E-state index contributed by atoms with van der Waals surface area (Å²) >= 11 is 0. The lowest BCUT2D eigenvalue weighted by molar-refractivity contribution is -0.478. The van der Waals surface area contributed by atoms with Crippen molar-refractivity contribution in [1.29, 1.82) is 0 Å². The van der Waals surface area contributed by atoms with Gasteiger partial charge in [0.15, 0.2) is 12.0 Å². The van der Waals surface area contributed by atoms with Crippen LogP contribution in [0.3, 0.4) is 0 Å². The molecule has 0 bridgehead atoms. The molecule has 0 atom stereocenters. The number of aromatic nitrogens is 2. The molecule has 0 amide bonds. The van der Waals surface area contributed by atoms with Crippen molar-refractivity contribution in [1.82, 2.24) is 10.1 Å². The van der Waals surface area contributed by atoms with Crippen LogP contribution in [0.1, 0.15) is 80.6 Å². The zero-order valence-electron chi connectivity index (χ0n) is 19.0. The van der Waals surface area contributed by atoms with Gasteiger partial charge in [-0.1, -0.05) is 34.1 Å². The van der Waals surface area contributed by atoms with Crippen LogP contribution in [0.4, 0.5) is 0 Å². The molecule has 7 heteroatoms. The van der Waals surface area contributed by atoms with Crippen LogP contribution >= 0.6 is 0 Å². The lowest BCUT2D eigenvalue weighted by atomic mass is 9.82. The van der Waals surface area contributed by atoms with Gasteiger partial charge in [-0.3, -0.25) is 4.79 Å². The van der Waals surface area contributed by atoms with Crippen molar-refractivity contribution in [2.24, 2.45) is 16.9 Å². The Morgan fingerprint density at radius 1 is 1.18 bits per heavy atom. The van der Waals surface area contributed by atoms with Crippen molar-refractivity contribution in [3.63, 3.8) is 0 Å². The van der Waals surface area contributed by atoms with E-state index in [4.69, 9.17) is 14.6 Å². The Balaban J connectivity index is 1.28. The maximum absolute atomic E-state index is 11.3. The fourth-order valence-electron chi connectivity index (χ4n) is 5.84. The molecule has 1 aromatic carbocycles. The Kier molecular flexibility index (Phi) is 4.82. The van der Waals surface area contributed by atoms with E-state index in [1.807, 2.05) is 4.68 Å². The molecule has 7 nitrogen and oxygen atoms in total. The van der Waals surface area contributed by atoms with Crippen LogP contribution in [0, 0.1) is 18.8 Å². The Morgan fingerprint density at radius 3 is 2.70 bits per heavy atom. The molecule has 2 fully saturated rings. The highest BCUT2D eigenvalue weighted by atomic mass is 16.5. The SMILES string of the molecule is Cc1ccccc1C1(c2noc(C3=N/[N+](=C/C4CCC(C(=O)O)CC4)C4=C3CCC4)n2)CC1. The molecule has 2 saturated carbocycles. The number of carbonyl (C=O) groups is 1. The summed E-state index contributed by atoms with van der Waals surface area (Å²) < 4.78 is 7.82. The maximum atomic E-state index is 11.3. The number of aryl methyl sites for hydroxylation is 1. The fraction of sp³-hybridized carbons (Fsp3) is 0.500. The van der Waals surface area contributed by atoms with Crippen LogP contribution in [0.25, 0.3) is 0 Å². The molecule has 4 aliphatic rings. The summed E-state index contributed by atoms with van der Waals surface area (Å²) in [7, 11) is 0. The summed E-state index contributed by atoms with van der Waals surface area (Å²) in [5.41, 5.74) is 5.70. The molecule has 2 heterocycles. The molecule has 1 N–H and O–H groups in total. The van der Waals surface area contributed by atoms with Gasteiger partial charge in [0.25, 0.3) is 5.89 Å². The van der Waals surface area contributed by atoms with E-state index in [0.717, 1.165) is 69.3 Å². The van der Waals surface area contributed by atoms with E-state index in [0.29, 0.717) is 11.8 Å². The number of hydrogen-bond donors (Lipinski definition) is 1. The van der Waals surface area contributed by atoms with Gasteiger partial charge in [0.1, 0.15) is 0 Å². The summed E-state index contributed by atoms with van der Waals surface area (Å²) in [6.45, 7) is 2.14. The molecular weight excluding hydrogens is 416 g/mol. The first-order valence-corrected chi connectivity index (χ1v) is 12.1. The Bertz CT molecular complexity index is 1210. The van der Waals surface area contributed by atoms with Crippen LogP contribution in [0.5, 0.6) is 0 Å². The van der Waals surface area contributed by atoms with Gasteiger partial charge in [0.05, 0.1) is 16.9 Å². The largest absolute Gasteiger partial charge is 0.481 e. The first-order chi connectivity index (χ1) is 16.0. The minimum absolute atomic E-state index is 0.131. The number of allylic oxidation sites excluding steroid dienone is 2. The Morgan fingerprint density at radius 2 is 1.97 bits per heavy atom. The standard InChI is InChI=1S/C26H28N4O3/c1-16-5-2-3-7-20(16)26(13-14-26)25-27-23(33-29-25)22-19-6-4-8-21(19)30(28-22)15-17-9-11-18(12-10-17)24(31)32/h2-3,5,7,15,17-18H,4,6,8-14H2,1H3/p+1/b30-15+. The smallest absolute Gasteiger partial charge is 0.306 e. The zero-order valence-corrected chi connectivity index (χ0v) is 19.0. The Hall–Kier alpha value is -3.09. The summed E-state index contributed by atoms with van der Waals surface area (Å²) in [5.74, 6) is 0.774. The molecule has 0 saturated heterocycles. The number of carboxylic acids is 1. The predicted octanol–water partition coefficient (Wildman–Crippen LogP) is 4.59. The molecule has 0 spiro atoms. The lowest BCUT2D eigenvalue weighted by Gasteiger charge is -2.21. The third-order valence-corrected chi connectivity index (χ3v) is 7.90. The van der Waals surface area contributed by atoms with Crippen LogP contribution < -0.4 is 0 Å². The van der Waals surface area contributed by atoms with Crippen LogP contribution in [-0.4, -0.2) is 37.8 Å².